The Kier molecular flexibility index (Phi) is 6.27. The molecule has 1 heterocycles. The zero-order chi connectivity index (χ0) is 21.9. The molecule has 0 atom stereocenters. The fourth-order valence-corrected chi connectivity index (χ4v) is 3.58. The molecule has 3 rings (SSSR count). The maximum absolute atomic E-state index is 12.4. The van der Waals surface area contributed by atoms with Crippen molar-refractivity contribution < 1.29 is 26.3 Å². The summed E-state index contributed by atoms with van der Waals surface area (Å²) in [6.45, 7) is 0.509. The van der Waals surface area contributed by atoms with Gasteiger partial charge < -0.3 is 10.1 Å². The summed E-state index contributed by atoms with van der Waals surface area (Å²) < 4.78 is 66.0. The molecule has 0 radical (unpaired) electrons. The van der Waals surface area contributed by atoms with E-state index in [4.69, 9.17) is 11.6 Å². The topological polar surface area (TPSA) is 80.3 Å². The molecular weight excluding hydrogens is 443 g/mol. The van der Waals surface area contributed by atoms with E-state index in [1.165, 1.54) is 18.2 Å². The standard InChI is InChI=1S/C19H17ClF3N3O3S/c1-30(27,28)26-13-4-2-12(3-5-13)8-9-24-16-11-18(20)25-17-10-14(6-7-15(16)17)29-19(21,22)23/h2-7,10-11,26H,8-9H2,1H3,(H,24,25). The second-order valence-corrected chi connectivity index (χ2v) is 8.60. The maximum Gasteiger partial charge on any atom is 0.573 e. The van der Waals surface area contributed by atoms with E-state index < -0.39 is 16.4 Å². The third-order valence-corrected chi connectivity index (χ3v) is 4.77. The van der Waals surface area contributed by atoms with Gasteiger partial charge in [-0.25, -0.2) is 13.4 Å². The number of sulfonamides is 1. The highest BCUT2D eigenvalue weighted by molar-refractivity contribution is 7.92. The third kappa shape index (κ3) is 6.39. The quantitative estimate of drug-likeness (QED) is 0.495. The lowest BCUT2D eigenvalue weighted by Gasteiger charge is -2.13. The van der Waals surface area contributed by atoms with Crippen molar-refractivity contribution in [1.29, 1.82) is 0 Å². The first-order valence-electron chi connectivity index (χ1n) is 8.65. The lowest BCUT2D eigenvalue weighted by molar-refractivity contribution is -0.274. The summed E-state index contributed by atoms with van der Waals surface area (Å²) >= 11 is 6.01. The van der Waals surface area contributed by atoms with Crippen LogP contribution in [0.4, 0.5) is 24.5 Å². The summed E-state index contributed by atoms with van der Waals surface area (Å²) in [4.78, 5) is 4.05. The highest BCUT2D eigenvalue weighted by Crippen LogP contribution is 2.30. The molecule has 0 fully saturated rings. The monoisotopic (exact) mass is 459 g/mol. The molecule has 0 aliphatic rings. The Morgan fingerprint density at radius 2 is 1.80 bits per heavy atom. The zero-order valence-electron chi connectivity index (χ0n) is 15.6. The van der Waals surface area contributed by atoms with E-state index in [1.54, 1.807) is 30.3 Å². The first kappa shape index (κ1) is 22.0. The van der Waals surface area contributed by atoms with Crippen LogP contribution in [-0.4, -0.2) is 32.6 Å². The van der Waals surface area contributed by atoms with Crippen LogP contribution in [0.25, 0.3) is 10.9 Å². The molecule has 160 valence electrons. The maximum atomic E-state index is 12.4. The Morgan fingerprint density at radius 3 is 2.43 bits per heavy atom. The van der Waals surface area contributed by atoms with Gasteiger partial charge in [-0.3, -0.25) is 4.72 Å². The van der Waals surface area contributed by atoms with Crippen LogP contribution in [0.2, 0.25) is 5.15 Å². The predicted molar refractivity (Wildman–Crippen MR) is 111 cm³/mol. The molecule has 0 saturated heterocycles. The highest BCUT2D eigenvalue weighted by atomic mass is 35.5. The van der Waals surface area contributed by atoms with E-state index in [1.807, 2.05) is 0 Å². The van der Waals surface area contributed by atoms with Crippen LogP contribution < -0.4 is 14.8 Å². The number of anilines is 2. The molecule has 1 aromatic heterocycles. The van der Waals surface area contributed by atoms with Crippen LogP contribution in [0.1, 0.15) is 5.56 Å². The molecule has 0 saturated carbocycles. The van der Waals surface area contributed by atoms with Gasteiger partial charge in [0, 0.05) is 29.4 Å². The summed E-state index contributed by atoms with van der Waals surface area (Å²) in [5.74, 6) is -0.376. The Morgan fingerprint density at radius 1 is 1.10 bits per heavy atom. The minimum Gasteiger partial charge on any atom is -0.406 e. The van der Waals surface area contributed by atoms with Gasteiger partial charge in [0.2, 0.25) is 10.0 Å². The summed E-state index contributed by atoms with van der Waals surface area (Å²) in [5.41, 5.74) is 2.33. The number of nitrogens with one attached hydrogen (secondary N) is 2. The minimum atomic E-state index is -4.79. The number of ether oxygens (including phenoxy) is 1. The van der Waals surface area contributed by atoms with Crippen LogP contribution >= 0.6 is 11.6 Å². The van der Waals surface area contributed by atoms with Crippen LogP contribution in [0.3, 0.4) is 0 Å². The largest absolute Gasteiger partial charge is 0.573 e. The number of halogens is 4. The number of alkyl halides is 3. The van der Waals surface area contributed by atoms with Crippen molar-refractivity contribution in [2.75, 3.05) is 22.8 Å². The average Bonchev–Trinajstić information content (AvgIpc) is 2.60. The summed E-state index contributed by atoms with van der Waals surface area (Å²) in [5, 5.41) is 3.93. The fourth-order valence-electron chi connectivity index (χ4n) is 2.81. The second-order valence-electron chi connectivity index (χ2n) is 6.47. The average molecular weight is 460 g/mol. The van der Waals surface area contributed by atoms with E-state index >= 15 is 0 Å². The van der Waals surface area contributed by atoms with Crippen molar-refractivity contribution in [2.24, 2.45) is 0 Å². The first-order valence-corrected chi connectivity index (χ1v) is 10.9. The molecule has 0 aliphatic carbocycles. The molecule has 3 aromatic rings. The van der Waals surface area contributed by atoms with Gasteiger partial charge in [0.15, 0.2) is 0 Å². The van der Waals surface area contributed by atoms with Crippen LogP contribution in [-0.2, 0) is 16.4 Å². The smallest absolute Gasteiger partial charge is 0.406 e. The summed E-state index contributed by atoms with van der Waals surface area (Å²) in [6.07, 6.45) is -3.09. The lowest BCUT2D eigenvalue weighted by atomic mass is 10.1. The van der Waals surface area contributed by atoms with Gasteiger partial charge in [0.25, 0.3) is 0 Å². The molecule has 30 heavy (non-hydrogen) atoms. The van der Waals surface area contributed by atoms with E-state index in [2.05, 4.69) is 19.8 Å². The molecule has 0 unspecified atom stereocenters. The molecule has 0 bridgehead atoms. The third-order valence-electron chi connectivity index (χ3n) is 3.97. The zero-order valence-corrected chi connectivity index (χ0v) is 17.2. The van der Waals surface area contributed by atoms with E-state index in [0.29, 0.717) is 29.7 Å². The van der Waals surface area contributed by atoms with Crippen molar-refractivity contribution in [2.45, 2.75) is 12.8 Å². The molecule has 0 amide bonds. The molecule has 0 spiro atoms. The number of rotatable bonds is 7. The Balaban J connectivity index is 1.70. The number of hydrogen-bond donors (Lipinski definition) is 2. The Hall–Kier alpha value is -2.72. The van der Waals surface area contributed by atoms with Gasteiger partial charge >= 0.3 is 6.36 Å². The van der Waals surface area contributed by atoms with Crippen molar-refractivity contribution in [3.05, 3.63) is 59.2 Å². The molecule has 2 aromatic carbocycles. The van der Waals surface area contributed by atoms with Gasteiger partial charge in [-0.05, 0) is 42.3 Å². The molecular formula is C19H17ClF3N3O3S. The number of nitrogens with zero attached hydrogens (tertiary/aromatic N) is 1. The Bertz CT molecular complexity index is 1150. The molecule has 0 aliphatic heterocycles. The van der Waals surface area contributed by atoms with Gasteiger partial charge in [-0.1, -0.05) is 23.7 Å². The number of aromatic nitrogens is 1. The Labute approximate surface area is 176 Å². The van der Waals surface area contributed by atoms with E-state index in [9.17, 15) is 21.6 Å². The SMILES string of the molecule is CS(=O)(=O)Nc1ccc(CCNc2cc(Cl)nc3cc(OC(F)(F)F)ccc23)cc1. The van der Waals surface area contributed by atoms with Gasteiger partial charge in [0.1, 0.15) is 10.9 Å². The van der Waals surface area contributed by atoms with Crippen LogP contribution in [0.5, 0.6) is 5.75 Å². The predicted octanol–water partition coefficient (Wildman–Crippen LogP) is 4.81. The minimum absolute atomic E-state index is 0.130. The lowest BCUT2D eigenvalue weighted by Crippen LogP contribution is -2.17. The van der Waals surface area contributed by atoms with Crippen molar-refractivity contribution in [3.63, 3.8) is 0 Å². The number of benzene rings is 2. The number of fused-ring (bicyclic) bond motifs is 1. The van der Waals surface area contributed by atoms with Crippen molar-refractivity contribution in [3.8, 4) is 5.75 Å². The van der Waals surface area contributed by atoms with Crippen molar-refractivity contribution >= 4 is 43.9 Å². The van der Waals surface area contributed by atoms with Crippen LogP contribution in [0, 0.1) is 0 Å². The molecule has 6 nitrogen and oxygen atoms in total. The van der Waals surface area contributed by atoms with Gasteiger partial charge in [-0.2, -0.15) is 0 Å². The first-order chi connectivity index (χ1) is 14.0. The number of pyridine rings is 1. The molecule has 2 N–H and O–H groups in total. The van der Waals surface area contributed by atoms with Crippen molar-refractivity contribution in [1.82, 2.24) is 4.98 Å². The molecule has 11 heteroatoms. The number of hydrogen-bond acceptors (Lipinski definition) is 5. The normalized spacial score (nSPS) is 12.0. The second kappa shape index (κ2) is 8.57. The van der Waals surface area contributed by atoms with Gasteiger partial charge in [0.05, 0.1) is 11.8 Å². The fraction of sp³-hybridized carbons (Fsp3) is 0.211. The van der Waals surface area contributed by atoms with E-state index in [-0.39, 0.29) is 16.4 Å². The summed E-state index contributed by atoms with van der Waals surface area (Å²) in [6, 6.07) is 12.4. The van der Waals surface area contributed by atoms with Crippen LogP contribution in [0.15, 0.2) is 48.5 Å². The van der Waals surface area contributed by atoms with E-state index in [0.717, 1.165) is 11.8 Å². The van der Waals surface area contributed by atoms with Gasteiger partial charge in [-0.15, -0.1) is 13.2 Å². The highest BCUT2D eigenvalue weighted by Gasteiger charge is 2.31. The summed E-state index contributed by atoms with van der Waals surface area (Å²) in [7, 11) is -3.33.